The molecule has 3 N–H and O–H groups in total. The molecule has 3 rings (SSSR count). The first-order valence-corrected chi connectivity index (χ1v) is 10.3. The molecule has 1 atom stereocenters. The van der Waals surface area contributed by atoms with Crippen LogP contribution < -0.4 is 16.0 Å². The third-order valence-electron chi connectivity index (χ3n) is 5.00. The van der Waals surface area contributed by atoms with Crippen LogP contribution in [0, 0.1) is 0 Å². The van der Waals surface area contributed by atoms with E-state index >= 15 is 0 Å². The van der Waals surface area contributed by atoms with Gasteiger partial charge in [0.2, 0.25) is 11.8 Å². The molecule has 0 radical (unpaired) electrons. The molecule has 1 heterocycles. The molecule has 1 saturated heterocycles. The van der Waals surface area contributed by atoms with Crippen LogP contribution in [0.1, 0.15) is 24.8 Å². The molecule has 0 spiro atoms. The van der Waals surface area contributed by atoms with Crippen molar-refractivity contribution in [2.45, 2.75) is 31.7 Å². The monoisotopic (exact) mass is 408 g/mol. The summed E-state index contributed by atoms with van der Waals surface area (Å²) < 4.78 is 0. The van der Waals surface area contributed by atoms with Crippen molar-refractivity contribution in [3.63, 3.8) is 0 Å². The van der Waals surface area contributed by atoms with Crippen molar-refractivity contribution in [3.8, 4) is 0 Å². The molecule has 0 aliphatic carbocycles. The predicted molar refractivity (Wildman–Crippen MR) is 116 cm³/mol. The number of rotatable bonds is 8. The average Bonchev–Trinajstić information content (AvgIpc) is 3.29. The van der Waals surface area contributed by atoms with Gasteiger partial charge in [-0.3, -0.25) is 9.59 Å². The van der Waals surface area contributed by atoms with E-state index in [0.717, 1.165) is 31.5 Å². The Balaban J connectivity index is 1.49. The Morgan fingerprint density at radius 2 is 1.53 bits per heavy atom. The minimum Gasteiger partial charge on any atom is -0.344 e. The normalized spacial score (nSPS) is 14.1. The Kier molecular flexibility index (Phi) is 7.83. The van der Waals surface area contributed by atoms with Gasteiger partial charge >= 0.3 is 6.03 Å². The van der Waals surface area contributed by atoms with E-state index in [-0.39, 0.29) is 30.8 Å². The average molecular weight is 409 g/mol. The van der Waals surface area contributed by atoms with Crippen molar-refractivity contribution < 1.29 is 14.4 Å². The molecule has 2 aromatic rings. The van der Waals surface area contributed by atoms with Gasteiger partial charge < -0.3 is 20.9 Å². The third kappa shape index (κ3) is 6.62. The Hall–Kier alpha value is -3.35. The van der Waals surface area contributed by atoms with E-state index in [4.69, 9.17) is 0 Å². The Bertz CT molecular complexity index is 836. The maximum Gasteiger partial charge on any atom is 0.319 e. The zero-order valence-electron chi connectivity index (χ0n) is 17.0. The highest BCUT2D eigenvalue weighted by Gasteiger charge is 2.27. The van der Waals surface area contributed by atoms with Crippen LogP contribution in [0.4, 0.5) is 10.5 Å². The summed E-state index contributed by atoms with van der Waals surface area (Å²) >= 11 is 0. The summed E-state index contributed by atoms with van der Waals surface area (Å²) in [6.07, 6.45) is 2.54. The van der Waals surface area contributed by atoms with E-state index in [1.807, 2.05) is 53.4 Å². The van der Waals surface area contributed by atoms with Gasteiger partial charge in [-0.2, -0.15) is 0 Å². The molecule has 7 nitrogen and oxygen atoms in total. The molecule has 1 aliphatic rings. The first-order valence-electron chi connectivity index (χ1n) is 10.3. The van der Waals surface area contributed by atoms with E-state index in [0.29, 0.717) is 12.1 Å². The summed E-state index contributed by atoms with van der Waals surface area (Å²) in [7, 11) is 0. The second-order valence-corrected chi connectivity index (χ2v) is 7.34. The van der Waals surface area contributed by atoms with Crippen molar-refractivity contribution >= 4 is 23.5 Å². The lowest BCUT2D eigenvalue weighted by Gasteiger charge is -2.24. The number of nitrogens with zero attached hydrogens (tertiary/aromatic N) is 1. The number of hydrogen-bond acceptors (Lipinski definition) is 3. The van der Waals surface area contributed by atoms with Crippen LogP contribution in [0.2, 0.25) is 0 Å². The molecule has 30 heavy (non-hydrogen) atoms. The van der Waals surface area contributed by atoms with E-state index in [2.05, 4.69) is 16.0 Å². The van der Waals surface area contributed by atoms with E-state index in [1.54, 1.807) is 12.1 Å². The number of urea groups is 1. The quantitative estimate of drug-likeness (QED) is 0.627. The van der Waals surface area contributed by atoms with Crippen LogP contribution in [0.15, 0.2) is 60.7 Å². The highest BCUT2D eigenvalue weighted by atomic mass is 16.2. The Morgan fingerprint density at radius 3 is 2.20 bits per heavy atom. The maximum absolute atomic E-state index is 12.9. The SMILES string of the molecule is O=C(CCNC(=O)Nc1ccccc1)NC(Cc1ccccc1)C(=O)N1CCCC1. The van der Waals surface area contributed by atoms with Crippen molar-refractivity contribution in [1.82, 2.24) is 15.5 Å². The van der Waals surface area contributed by atoms with Crippen molar-refractivity contribution in [1.29, 1.82) is 0 Å². The van der Waals surface area contributed by atoms with Crippen LogP contribution in [0.3, 0.4) is 0 Å². The van der Waals surface area contributed by atoms with Crippen LogP contribution >= 0.6 is 0 Å². The fourth-order valence-electron chi connectivity index (χ4n) is 3.46. The van der Waals surface area contributed by atoms with Gasteiger partial charge in [0.05, 0.1) is 0 Å². The van der Waals surface area contributed by atoms with E-state index in [1.165, 1.54) is 0 Å². The summed E-state index contributed by atoms with van der Waals surface area (Å²) in [5.41, 5.74) is 1.68. The number of benzene rings is 2. The largest absolute Gasteiger partial charge is 0.344 e. The Labute approximate surface area is 176 Å². The highest BCUT2D eigenvalue weighted by Crippen LogP contribution is 2.12. The van der Waals surface area contributed by atoms with Gasteiger partial charge in [0, 0.05) is 38.2 Å². The van der Waals surface area contributed by atoms with Gasteiger partial charge in [-0.15, -0.1) is 0 Å². The van der Waals surface area contributed by atoms with Gasteiger partial charge in [0.15, 0.2) is 0 Å². The summed E-state index contributed by atoms with van der Waals surface area (Å²) in [4.78, 5) is 39.1. The van der Waals surface area contributed by atoms with Crippen molar-refractivity contribution in [2.75, 3.05) is 25.0 Å². The molecule has 1 unspecified atom stereocenters. The molecule has 7 heteroatoms. The molecule has 4 amide bonds. The number of hydrogen-bond donors (Lipinski definition) is 3. The molecule has 2 aromatic carbocycles. The van der Waals surface area contributed by atoms with Crippen LogP contribution in [-0.4, -0.2) is 48.4 Å². The molecule has 0 bridgehead atoms. The lowest BCUT2D eigenvalue weighted by atomic mass is 10.0. The molecule has 1 fully saturated rings. The second kappa shape index (κ2) is 11.0. The maximum atomic E-state index is 12.9. The lowest BCUT2D eigenvalue weighted by molar-refractivity contribution is -0.135. The number of carbonyl (C=O) groups excluding carboxylic acids is 3. The third-order valence-corrected chi connectivity index (χ3v) is 5.00. The summed E-state index contributed by atoms with van der Waals surface area (Å²) in [6.45, 7) is 1.66. The van der Waals surface area contributed by atoms with Crippen molar-refractivity contribution in [3.05, 3.63) is 66.2 Å². The highest BCUT2D eigenvalue weighted by molar-refractivity contribution is 5.90. The Morgan fingerprint density at radius 1 is 0.900 bits per heavy atom. The fraction of sp³-hybridized carbons (Fsp3) is 0.348. The smallest absolute Gasteiger partial charge is 0.319 e. The van der Waals surface area contributed by atoms with Gasteiger partial charge in [-0.05, 0) is 30.5 Å². The number of para-hydroxylation sites is 1. The fourth-order valence-corrected chi connectivity index (χ4v) is 3.46. The number of amides is 4. The van der Waals surface area contributed by atoms with Gasteiger partial charge in [-0.25, -0.2) is 4.79 Å². The second-order valence-electron chi connectivity index (χ2n) is 7.34. The topological polar surface area (TPSA) is 90.5 Å². The summed E-state index contributed by atoms with van der Waals surface area (Å²) in [6, 6.07) is 17.8. The predicted octanol–water partition coefficient (Wildman–Crippen LogP) is 2.55. The molecule has 0 aromatic heterocycles. The van der Waals surface area contributed by atoms with E-state index in [9.17, 15) is 14.4 Å². The number of nitrogens with one attached hydrogen (secondary N) is 3. The number of likely N-dealkylation sites (tertiary alicyclic amines) is 1. The summed E-state index contributed by atoms with van der Waals surface area (Å²) in [5, 5.41) is 8.23. The first kappa shape index (κ1) is 21.4. The lowest BCUT2D eigenvalue weighted by Crippen LogP contribution is -2.49. The van der Waals surface area contributed by atoms with Crippen LogP contribution in [0.5, 0.6) is 0 Å². The minimum absolute atomic E-state index is 0.0421. The standard InChI is InChI=1S/C23H28N4O3/c28-21(13-14-24-23(30)25-19-11-5-2-6-12-19)26-20(17-18-9-3-1-4-10-18)22(29)27-15-7-8-16-27/h1-6,9-12,20H,7-8,13-17H2,(H,26,28)(H2,24,25,30). The first-order chi connectivity index (χ1) is 14.6. The number of carbonyl (C=O) groups is 3. The number of anilines is 1. The molecule has 1 aliphatic heterocycles. The van der Waals surface area contributed by atoms with Crippen LogP contribution in [-0.2, 0) is 16.0 Å². The van der Waals surface area contributed by atoms with Crippen LogP contribution in [0.25, 0.3) is 0 Å². The zero-order valence-corrected chi connectivity index (χ0v) is 17.0. The van der Waals surface area contributed by atoms with Gasteiger partial charge in [0.25, 0.3) is 0 Å². The van der Waals surface area contributed by atoms with Gasteiger partial charge in [-0.1, -0.05) is 48.5 Å². The van der Waals surface area contributed by atoms with Gasteiger partial charge in [0.1, 0.15) is 6.04 Å². The minimum atomic E-state index is -0.601. The van der Waals surface area contributed by atoms with E-state index < -0.39 is 6.04 Å². The summed E-state index contributed by atoms with van der Waals surface area (Å²) in [5.74, 6) is -0.303. The molecular weight excluding hydrogens is 380 g/mol. The van der Waals surface area contributed by atoms with Crippen molar-refractivity contribution in [2.24, 2.45) is 0 Å². The molecule has 158 valence electrons. The molecule has 0 saturated carbocycles. The zero-order chi connectivity index (χ0) is 21.2. The molecular formula is C23H28N4O3.